The number of hydrogen-bond donors (Lipinski definition) is 5. The van der Waals surface area contributed by atoms with E-state index in [4.69, 9.17) is 34.2 Å². The largest absolute Gasteiger partial charge is 0.480 e. The summed E-state index contributed by atoms with van der Waals surface area (Å²) in [5.74, 6) is -9.05. The molecule has 0 saturated heterocycles. The van der Waals surface area contributed by atoms with Gasteiger partial charge in [0.05, 0.1) is 0 Å². The number of carboxylic acids is 2. The molecule has 0 rings (SSSR count). The predicted octanol–water partition coefficient (Wildman–Crippen LogP) is 5.13. The van der Waals surface area contributed by atoms with Gasteiger partial charge in [-0.2, -0.15) is 0 Å². The Hall–Kier alpha value is -5.34. The van der Waals surface area contributed by atoms with Crippen molar-refractivity contribution in [1.82, 2.24) is 10.6 Å². The van der Waals surface area contributed by atoms with Crippen LogP contribution in [0.5, 0.6) is 0 Å². The Morgan fingerprint density at radius 3 is 1.09 bits per heavy atom. The van der Waals surface area contributed by atoms with Crippen LogP contribution in [0, 0.1) is 5.92 Å². The van der Waals surface area contributed by atoms with Gasteiger partial charge in [0.2, 0.25) is 11.8 Å². The number of esters is 6. The topological polar surface area (TPSA) is 317 Å². The molecule has 2 amide bonds. The number of amides is 2. The smallest absolute Gasteiger partial charge is 0.326 e. The standard InChI is InChI=1S/C48H81N3O18/c1-30(2)42(48(62)63)51-41(59)28-22-26-39(65-32(4)53)44(67-34(6)55)46(69-36(8)57)45(68-35(7)56)43(66-33(5)54)38(64-31(3)52)25-20-18-16-14-12-10-9-11-13-15-17-19-21-27-40(58)50-37(47(60)61)24-23-29-49/h30,37-39,42-46H,9-29,49H2,1-8H3,(H,50,58)(H,51,59)(H,60,61)(H,62,63)/t37-,38+,39+,42+,43+,44+,45+,46+/m1/s1. The molecule has 69 heavy (non-hydrogen) atoms. The number of carboxylic acid groups (broad SMARTS) is 2. The normalized spacial score (nSPS) is 14.6. The van der Waals surface area contributed by atoms with E-state index in [1.165, 1.54) is 0 Å². The molecule has 0 saturated carbocycles. The Labute approximate surface area is 406 Å². The second kappa shape index (κ2) is 36.6. The van der Waals surface area contributed by atoms with Crippen LogP contribution in [0.4, 0.5) is 0 Å². The molecule has 0 heterocycles. The molecular weight excluding hydrogens is 907 g/mol. The van der Waals surface area contributed by atoms with Gasteiger partial charge in [-0.1, -0.05) is 84.5 Å². The summed E-state index contributed by atoms with van der Waals surface area (Å²) in [6, 6.07) is -2.09. The maximum absolute atomic E-state index is 12.8. The van der Waals surface area contributed by atoms with E-state index in [-0.39, 0.29) is 38.0 Å². The van der Waals surface area contributed by atoms with Crippen molar-refractivity contribution in [3.05, 3.63) is 0 Å². The van der Waals surface area contributed by atoms with Crippen molar-refractivity contribution in [2.45, 2.75) is 233 Å². The van der Waals surface area contributed by atoms with Gasteiger partial charge in [-0.15, -0.1) is 0 Å². The van der Waals surface area contributed by atoms with Crippen molar-refractivity contribution < 1.29 is 86.6 Å². The number of rotatable bonds is 39. The summed E-state index contributed by atoms with van der Waals surface area (Å²) in [5.41, 5.74) is 5.45. The molecule has 0 unspecified atom stereocenters. The average molecular weight is 988 g/mol. The number of carbonyl (C=O) groups excluding carboxylic acids is 8. The van der Waals surface area contributed by atoms with Crippen LogP contribution in [0.2, 0.25) is 0 Å². The highest BCUT2D eigenvalue weighted by atomic mass is 16.6. The van der Waals surface area contributed by atoms with Gasteiger partial charge in [0.15, 0.2) is 24.4 Å². The zero-order valence-corrected chi connectivity index (χ0v) is 42.0. The van der Waals surface area contributed by atoms with Crippen molar-refractivity contribution in [2.24, 2.45) is 11.7 Å². The van der Waals surface area contributed by atoms with Gasteiger partial charge in [-0.3, -0.25) is 38.4 Å². The fourth-order valence-electron chi connectivity index (χ4n) is 7.77. The second-order valence-electron chi connectivity index (χ2n) is 17.6. The number of nitrogens with one attached hydrogen (secondary N) is 2. The Morgan fingerprint density at radius 1 is 0.406 bits per heavy atom. The highest BCUT2D eigenvalue weighted by Gasteiger charge is 2.50. The molecule has 0 aliphatic carbocycles. The first kappa shape index (κ1) is 63.7. The second-order valence-corrected chi connectivity index (χ2v) is 17.6. The Bertz CT molecular complexity index is 1620. The average Bonchev–Trinajstić information content (AvgIpc) is 3.23. The number of carbonyl (C=O) groups is 10. The summed E-state index contributed by atoms with van der Waals surface area (Å²) in [5, 5.41) is 23.8. The lowest BCUT2D eigenvalue weighted by Crippen LogP contribution is -2.58. The molecular formula is C48H81N3O18. The van der Waals surface area contributed by atoms with Gasteiger partial charge in [-0.25, -0.2) is 9.59 Å². The molecule has 0 radical (unpaired) electrons. The minimum atomic E-state index is -1.85. The minimum absolute atomic E-state index is 0.0674. The SMILES string of the molecule is CC(=O)O[C@H]([C@@H](OC(C)=O)[C@@H](OC(C)=O)[C@H](CCCC(=O)N[C@H](C(=O)O)C(C)C)OC(C)=O)[C@@H](OC(C)=O)[C@H](CCCCCCCCCCCCCCCC(=O)N[C@H](CCCN)C(=O)O)OC(C)=O. The van der Waals surface area contributed by atoms with Crippen LogP contribution < -0.4 is 16.4 Å². The number of unbranched alkanes of at least 4 members (excludes halogenated alkanes) is 12. The zero-order chi connectivity index (χ0) is 52.5. The van der Waals surface area contributed by atoms with Crippen LogP contribution in [0.3, 0.4) is 0 Å². The maximum atomic E-state index is 12.8. The number of ether oxygens (including phenoxy) is 6. The first-order valence-electron chi connectivity index (χ1n) is 24.3. The third-order valence-electron chi connectivity index (χ3n) is 10.9. The van der Waals surface area contributed by atoms with E-state index >= 15 is 0 Å². The first-order valence-corrected chi connectivity index (χ1v) is 24.3. The molecule has 0 aliphatic rings. The van der Waals surface area contributed by atoms with E-state index < -0.39 is 108 Å². The summed E-state index contributed by atoms with van der Waals surface area (Å²) >= 11 is 0. The van der Waals surface area contributed by atoms with Crippen molar-refractivity contribution in [3.8, 4) is 0 Å². The summed E-state index contributed by atoms with van der Waals surface area (Å²) in [4.78, 5) is 124. The van der Waals surface area contributed by atoms with Gasteiger partial charge in [0.1, 0.15) is 24.3 Å². The van der Waals surface area contributed by atoms with E-state index in [0.717, 1.165) is 106 Å². The van der Waals surface area contributed by atoms with Gasteiger partial charge < -0.3 is 55.0 Å². The Kier molecular flexibility index (Phi) is 33.8. The van der Waals surface area contributed by atoms with Crippen molar-refractivity contribution in [3.63, 3.8) is 0 Å². The van der Waals surface area contributed by atoms with Crippen molar-refractivity contribution in [1.29, 1.82) is 0 Å². The molecule has 0 aromatic heterocycles. The molecule has 0 fully saturated rings. The summed E-state index contributed by atoms with van der Waals surface area (Å²) < 4.78 is 33.8. The number of hydrogen-bond acceptors (Lipinski definition) is 17. The van der Waals surface area contributed by atoms with Crippen molar-refractivity contribution in [2.75, 3.05) is 6.54 Å². The van der Waals surface area contributed by atoms with Gasteiger partial charge >= 0.3 is 47.8 Å². The first-order chi connectivity index (χ1) is 32.5. The molecule has 21 heteroatoms. The highest BCUT2D eigenvalue weighted by Crippen LogP contribution is 2.29. The minimum Gasteiger partial charge on any atom is -0.480 e. The van der Waals surface area contributed by atoms with Crippen molar-refractivity contribution >= 4 is 59.6 Å². The Balaban J connectivity index is 5.82. The van der Waals surface area contributed by atoms with E-state index in [1.807, 2.05) is 0 Å². The lowest BCUT2D eigenvalue weighted by Gasteiger charge is -2.40. The van der Waals surface area contributed by atoms with E-state index in [2.05, 4.69) is 10.6 Å². The van der Waals surface area contributed by atoms with Crippen LogP contribution in [-0.4, -0.2) is 125 Å². The summed E-state index contributed by atoms with van der Waals surface area (Å²) in [6.07, 6.45) is 2.59. The maximum Gasteiger partial charge on any atom is 0.326 e. The molecule has 0 bridgehead atoms. The van der Waals surface area contributed by atoms with Crippen LogP contribution in [0.15, 0.2) is 0 Å². The molecule has 8 atom stereocenters. The fourth-order valence-corrected chi connectivity index (χ4v) is 7.77. The van der Waals surface area contributed by atoms with Crippen LogP contribution in [-0.2, 0) is 76.4 Å². The quantitative estimate of drug-likeness (QED) is 0.0303. The number of aliphatic carboxylic acids is 2. The zero-order valence-electron chi connectivity index (χ0n) is 42.0. The fraction of sp³-hybridized carbons (Fsp3) is 0.792. The van der Waals surface area contributed by atoms with Crippen LogP contribution >= 0.6 is 0 Å². The van der Waals surface area contributed by atoms with E-state index in [1.54, 1.807) is 13.8 Å². The Morgan fingerprint density at radius 2 is 0.739 bits per heavy atom. The highest BCUT2D eigenvalue weighted by molar-refractivity contribution is 5.84. The summed E-state index contributed by atoms with van der Waals surface area (Å²) in [7, 11) is 0. The number of nitrogens with two attached hydrogens (primary N) is 1. The van der Waals surface area contributed by atoms with E-state index in [0.29, 0.717) is 38.6 Å². The van der Waals surface area contributed by atoms with Crippen LogP contribution in [0.25, 0.3) is 0 Å². The van der Waals surface area contributed by atoms with Gasteiger partial charge in [0.25, 0.3) is 0 Å². The van der Waals surface area contributed by atoms with Crippen LogP contribution in [0.1, 0.15) is 184 Å². The molecule has 0 aromatic rings. The molecule has 21 nitrogen and oxygen atoms in total. The molecule has 0 spiro atoms. The lowest BCUT2D eigenvalue weighted by atomic mass is 9.91. The summed E-state index contributed by atoms with van der Waals surface area (Å²) in [6.45, 7) is 9.89. The molecule has 396 valence electrons. The lowest BCUT2D eigenvalue weighted by molar-refractivity contribution is -0.219. The predicted molar refractivity (Wildman–Crippen MR) is 249 cm³/mol. The van der Waals surface area contributed by atoms with Gasteiger partial charge in [-0.05, 0) is 57.4 Å². The third-order valence-corrected chi connectivity index (χ3v) is 10.9. The van der Waals surface area contributed by atoms with E-state index in [9.17, 15) is 58.2 Å². The molecule has 0 aliphatic heterocycles. The third kappa shape index (κ3) is 30.7. The van der Waals surface area contributed by atoms with Gasteiger partial charge in [0, 0.05) is 54.4 Å². The molecule has 0 aromatic carbocycles. The monoisotopic (exact) mass is 988 g/mol. The molecule has 6 N–H and O–H groups in total.